The number of fused-ring (bicyclic) bond motifs is 4. The molecule has 0 spiro atoms. The van der Waals surface area contributed by atoms with E-state index in [2.05, 4.69) is 0 Å². The van der Waals surface area contributed by atoms with E-state index in [9.17, 15) is 4.79 Å². The monoisotopic (exact) mass is 316 g/mol. The SMILES string of the molecule is O=c1c(-c2ccc3c(c2)OCO3)coc2ccc3ccccc3c12. The van der Waals surface area contributed by atoms with Gasteiger partial charge in [-0.3, -0.25) is 4.79 Å². The van der Waals surface area contributed by atoms with Crippen molar-refractivity contribution in [3.63, 3.8) is 0 Å². The number of rotatable bonds is 1. The summed E-state index contributed by atoms with van der Waals surface area (Å²) in [5.41, 5.74) is 1.80. The molecule has 0 fully saturated rings. The van der Waals surface area contributed by atoms with Crippen LogP contribution in [0, 0.1) is 0 Å². The molecule has 0 aliphatic carbocycles. The van der Waals surface area contributed by atoms with E-state index in [1.807, 2.05) is 54.6 Å². The molecule has 5 rings (SSSR count). The topological polar surface area (TPSA) is 48.7 Å². The smallest absolute Gasteiger partial charge is 0.231 e. The van der Waals surface area contributed by atoms with Crippen LogP contribution >= 0.6 is 0 Å². The minimum Gasteiger partial charge on any atom is -0.463 e. The molecule has 0 radical (unpaired) electrons. The van der Waals surface area contributed by atoms with Crippen LogP contribution in [0.25, 0.3) is 32.9 Å². The summed E-state index contributed by atoms with van der Waals surface area (Å²) >= 11 is 0. The van der Waals surface area contributed by atoms with Gasteiger partial charge in [0, 0.05) is 0 Å². The third-order valence-corrected chi connectivity index (χ3v) is 4.35. The maximum Gasteiger partial charge on any atom is 0.231 e. The van der Waals surface area contributed by atoms with Gasteiger partial charge in [0.05, 0.1) is 10.9 Å². The Morgan fingerprint density at radius 1 is 0.875 bits per heavy atom. The molecule has 4 nitrogen and oxygen atoms in total. The van der Waals surface area contributed by atoms with Crippen LogP contribution in [0.1, 0.15) is 0 Å². The van der Waals surface area contributed by atoms with Gasteiger partial charge in [-0.25, -0.2) is 0 Å². The zero-order valence-corrected chi connectivity index (χ0v) is 12.6. The molecule has 0 bridgehead atoms. The lowest BCUT2D eigenvalue weighted by molar-refractivity contribution is 0.174. The summed E-state index contributed by atoms with van der Waals surface area (Å²) in [7, 11) is 0. The highest BCUT2D eigenvalue weighted by Gasteiger charge is 2.17. The van der Waals surface area contributed by atoms with E-state index in [0.717, 1.165) is 16.3 Å². The Labute approximate surface area is 136 Å². The van der Waals surface area contributed by atoms with Gasteiger partial charge in [0.2, 0.25) is 12.2 Å². The van der Waals surface area contributed by atoms with E-state index >= 15 is 0 Å². The Morgan fingerprint density at radius 2 is 1.75 bits per heavy atom. The molecular formula is C20H12O4. The molecule has 0 atom stereocenters. The highest BCUT2D eigenvalue weighted by atomic mass is 16.7. The first-order chi connectivity index (χ1) is 11.8. The van der Waals surface area contributed by atoms with Gasteiger partial charge in [0.15, 0.2) is 11.5 Å². The Hall–Kier alpha value is -3.27. The van der Waals surface area contributed by atoms with Crippen molar-refractivity contribution in [2.75, 3.05) is 6.79 Å². The average Bonchev–Trinajstić information content (AvgIpc) is 3.09. The third-order valence-electron chi connectivity index (χ3n) is 4.35. The van der Waals surface area contributed by atoms with E-state index in [0.29, 0.717) is 28.0 Å². The zero-order valence-electron chi connectivity index (χ0n) is 12.6. The Balaban J connectivity index is 1.82. The van der Waals surface area contributed by atoms with Crippen molar-refractivity contribution in [2.24, 2.45) is 0 Å². The first-order valence-electron chi connectivity index (χ1n) is 7.64. The van der Waals surface area contributed by atoms with Gasteiger partial charge < -0.3 is 13.9 Å². The first-order valence-corrected chi connectivity index (χ1v) is 7.64. The van der Waals surface area contributed by atoms with Crippen molar-refractivity contribution in [3.8, 4) is 22.6 Å². The molecule has 1 aromatic heterocycles. The molecule has 2 heterocycles. The normalized spacial score (nSPS) is 12.8. The van der Waals surface area contributed by atoms with Crippen LogP contribution in [0.5, 0.6) is 11.5 Å². The van der Waals surface area contributed by atoms with Gasteiger partial charge in [-0.05, 0) is 34.5 Å². The number of benzene rings is 3. The molecule has 4 aromatic rings. The number of ether oxygens (including phenoxy) is 2. The lowest BCUT2D eigenvalue weighted by Crippen LogP contribution is -2.05. The lowest BCUT2D eigenvalue weighted by atomic mass is 10.0. The molecule has 24 heavy (non-hydrogen) atoms. The predicted molar refractivity (Wildman–Crippen MR) is 91.5 cm³/mol. The number of hydrogen-bond donors (Lipinski definition) is 0. The van der Waals surface area contributed by atoms with Crippen LogP contribution in [0.2, 0.25) is 0 Å². The highest BCUT2D eigenvalue weighted by molar-refractivity contribution is 6.06. The van der Waals surface area contributed by atoms with Gasteiger partial charge in [0.25, 0.3) is 0 Å². The fourth-order valence-electron chi connectivity index (χ4n) is 3.16. The molecule has 0 amide bonds. The minimum atomic E-state index is -0.0492. The maximum absolute atomic E-state index is 13.1. The van der Waals surface area contributed by atoms with Crippen molar-refractivity contribution < 1.29 is 13.9 Å². The molecule has 4 heteroatoms. The number of hydrogen-bond acceptors (Lipinski definition) is 4. The summed E-state index contributed by atoms with van der Waals surface area (Å²) in [6.45, 7) is 0.204. The van der Waals surface area contributed by atoms with Crippen LogP contribution in [-0.2, 0) is 0 Å². The van der Waals surface area contributed by atoms with Gasteiger partial charge in [0.1, 0.15) is 11.8 Å². The Morgan fingerprint density at radius 3 is 2.71 bits per heavy atom. The van der Waals surface area contributed by atoms with E-state index in [1.54, 1.807) is 0 Å². The fourth-order valence-corrected chi connectivity index (χ4v) is 3.16. The molecule has 3 aromatic carbocycles. The third kappa shape index (κ3) is 1.83. The highest BCUT2D eigenvalue weighted by Crippen LogP contribution is 2.35. The molecule has 116 valence electrons. The first kappa shape index (κ1) is 13.2. The van der Waals surface area contributed by atoms with E-state index in [-0.39, 0.29) is 12.2 Å². The Kier molecular flexibility index (Phi) is 2.67. The molecule has 0 unspecified atom stereocenters. The fraction of sp³-hybridized carbons (Fsp3) is 0.0500. The van der Waals surface area contributed by atoms with Gasteiger partial charge in [-0.2, -0.15) is 0 Å². The summed E-state index contributed by atoms with van der Waals surface area (Å²) in [6.07, 6.45) is 1.51. The maximum atomic E-state index is 13.1. The quantitative estimate of drug-likeness (QED) is 0.490. The van der Waals surface area contributed by atoms with Gasteiger partial charge in [-0.1, -0.05) is 36.4 Å². The minimum absolute atomic E-state index is 0.0492. The van der Waals surface area contributed by atoms with E-state index < -0.39 is 0 Å². The van der Waals surface area contributed by atoms with Crippen molar-refractivity contribution in [1.29, 1.82) is 0 Å². The van der Waals surface area contributed by atoms with Crippen molar-refractivity contribution in [2.45, 2.75) is 0 Å². The standard InChI is InChI=1S/C20H12O4/c21-20-15(13-6-7-16-18(9-13)24-11-23-16)10-22-17-8-5-12-3-1-2-4-14(12)19(17)20/h1-10H,11H2. The molecule has 1 aliphatic rings. The summed E-state index contributed by atoms with van der Waals surface area (Å²) in [5.74, 6) is 1.33. The summed E-state index contributed by atoms with van der Waals surface area (Å²) in [4.78, 5) is 13.1. The second-order valence-electron chi connectivity index (χ2n) is 5.71. The molecule has 0 N–H and O–H groups in total. The van der Waals surface area contributed by atoms with E-state index in [4.69, 9.17) is 13.9 Å². The Bertz CT molecular complexity index is 1160. The van der Waals surface area contributed by atoms with Crippen molar-refractivity contribution in [1.82, 2.24) is 0 Å². The molecule has 0 saturated heterocycles. The van der Waals surface area contributed by atoms with Crippen LogP contribution in [-0.4, -0.2) is 6.79 Å². The molecule has 1 aliphatic heterocycles. The van der Waals surface area contributed by atoms with E-state index in [1.165, 1.54) is 6.26 Å². The summed E-state index contributed by atoms with van der Waals surface area (Å²) < 4.78 is 16.5. The lowest BCUT2D eigenvalue weighted by Gasteiger charge is -2.06. The molecular weight excluding hydrogens is 304 g/mol. The average molecular weight is 316 g/mol. The van der Waals surface area contributed by atoms with Crippen LogP contribution in [0.4, 0.5) is 0 Å². The van der Waals surface area contributed by atoms with Crippen molar-refractivity contribution >= 4 is 21.7 Å². The summed E-state index contributed by atoms with van der Waals surface area (Å²) in [5, 5.41) is 2.51. The van der Waals surface area contributed by atoms with Crippen molar-refractivity contribution in [3.05, 3.63) is 71.1 Å². The van der Waals surface area contributed by atoms with Crippen LogP contribution in [0.15, 0.2) is 70.1 Å². The largest absolute Gasteiger partial charge is 0.463 e. The molecule has 0 saturated carbocycles. The van der Waals surface area contributed by atoms with Gasteiger partial charge >= 0.3 is 0 Å². The van der Waals surface area contributed by atoms with Crippen LogP contribution in [0.3, 0.4) is 0 Å². The summed E-state index contributed by atoms with van der Waals surface area (Å²) in [6, 6.07) is 17.1. The second-order valence-corrected chi connectivity index (χ2v) is 5.71. The second kappa shape index (κ2) is 4.86. The van der Waals surface area contributed by atoms with Gasteiger partial charge in [-0.15, -0.1) is 0 Å². The van der Waals surface area contributed by atoms with Crippen LogP contribution < -0.4 is 14.9 Å². The zero-order chi connectivity index (χ0) is 16.1. The predicted octanol–water partition coefficient (Wildman–Crippen LogP) is 4.34.